The number of hydrogen-bond acceptors (Lipinski definition) is 7. The minimum Gasteiger partial charge on any atom is -0.397 e. The number of fused-ring (bicyclic) bond motifs is 1. The largest absolute Gasteiger partial charge is 0.397 e. The van der Waals surface area contributed by atoms with Crippen LogP contribution in [0.2, 0.25) is 0 Å². The molecule has 1 aliphatic heterocycles. The molecule has 1 atom stereocenters. The number of piperidine rings is 1. The quantitative estimate of drug-likeness (QED) is 0.416. The molecule has 3 aromatic rings. The van der Waals surface area contributed by atoms with Gasteiger partial charge in [0.2, 0.25) is 0 Å². The molecule has 0 aliphatic carbocycles. The molecule has 1 saturated heterocycles. The zero-order valence-corrected chi connectivity index (χ0v) is 19.2. The molecule has 32 heavy (non-hydrogen) atoms. The maximum Gasteiger partial charge on any atom is 0.260 e. The number of nitrogens with two attached hydrogens (primary N) is 2. The molecule has 1 aromatic carbocycles. The van der Waals surface area contributed by atoms with Crippen LogP contribution in [0.3, 0.4) is 0 Å². The predicted octanol–water partition coefficient (Wildman–Crippen LogP) is 3.22. The number of amides is 1. The van der Waals surface area contributed by atoms with Gasteiger partial charge in [-0.2, -0.15) is 0 Å². The van der Waals surface area contributed by atoms with E-state index in [1.165, 1.54) is 11.3 Å². The molecule has 0 spiro atoms. The molecule has 1 amide bonds. The van der Waals surface area contributed by atoms with Crippen LogP contribution in [0, 0.1) is 0 Å². The molecule has 4 rings (SSSR count). The summed E-state index contributed by atoms with van der Waals surface area (Å²) in [6.07, 6.45) is 3.31. The van der Waals surface area contributed by atoms with Crippen molar-refractivity contribution in [2.45, 2.75) is 44.8 Å². The van der Waals surface area contributed by atoms with Crippen molar-refractivity contribution in [3.8, 4) is 0 Å². The molecule has 0 bridgehead atoms. The van der Waals surface area contributed by atoms with E-state index >= 15 is 0 Å². The molecule has 8 heteroatoms. The number of carbonyl (C=O) groups excluding carboxylic acids is 1. The van der Waals surface area contributed by atoms with E-state index in [4.69, 9.17) is 16.5 Å². The maximum atomic E-state index is 11.8. The van der Waals surface area contributed by atoms with Gasteiger partial charge in [0.15, 0.2) is 0 Å². The Morgan fingerprint density at radius 3 is 2.69 bits per heavy atom. The van der Waals surface area contributed by atoms with Crippen LogP contribution >= 0.6 is 11.3 Å². The Balaban J connectivity index is 1.43. The standard InChI is InChI=1S/C24H31N5O2S/c1-2-6-16-13-19(28-24-20(16)21(25)22(32-24)23(26)31)29-11-9-17(10-12-29)27-14-18(30)15-7-4-3-5-8-15/h3-5,7-8,13,17-18,27,30H,2,6,9-12,14,25H2,1H3,(H2,26,31). The van der Waals surface area contributed by atoms with Crippen molar-refractivity contribution >= 4 is 39.0 Å². The third kappa shape index (κ3) is 4.72. The van der Waals surface area contributed by atoms with Crippen molar-refractivity contribution in [3.05, 3.63) is 52.4 Å². The summed E-state index contributed by atoms with van der Waals surface area (Å²) in [5.74, 6) is 0.431. The highest BCUT2D eigenvalue weighted by Crippen LogP contribution is 2.37. The van der Waals surface area contributed by atoms with Gasteiger partial charge in [-0.25, -0.2) is 4.98 Å². The Labute approximate surface area is 192 Å². The van der Waals surface area contributed by atoms with E-state index in [0.717, 1.165) is 65.9 Å². The number of thiophene rings is 1. The van der Waals surface area contributed by atoms with Gasteiger partial charge in [-0.3, -0.25) is 4.79 Å². The van der Waals surface area contributed by atoms with E-state index in [0.29, 0.717) is 23.2 Å². The minimum absolute atomic E-state index is 0.363. The third-order valence-corrected chi connectivity index (χ3v) is 7.23. The lowest BCUT2D eigenvalue weighted by atomic mass is 10.0. The highest BCUT2D eigenvalue weighted by Gasteiger charge is 2.24. The number of primary amides is 1. The number of hydrogen-bond donors (Lipinski definition) is 4. The smallest absolute Gasteiger partial charge is 0.260 e. The van der Waals surface area contributed by atoms with Gasteiger partial charge >= 0.3 is 0 Å². The summed E-state index contributed by atoms with van der Waals surface area (Å²) in [6.45, 7) is 4.44. The normalized spacial score (nSPS) is 15.9. The molecular formula is C24H31N5O2S. The molecular weight excluding hydrogens is 422 g/mol. The number of nitrogens with zero attached hydrogens (tertiary/aromatic N) is 2. The molecule has 1 unspecified atom stereocenters. The second-order valence-corrected chi connectivity index (χ2v) is 9.37. The van der Waals surface area contributed by atoms with Crippen LogP contribution in [0.1, 0.15) is 53.1 Å². The molecule has 3 heterocycles. The number of pyridine rings is 1. The molecule has 2 aromatic heterocycles. The number of aromatic nitrogens is 1. The Hall–Kier alpha value is -2.68. The van der Waals surface area contributed by atoms with E-state index in [9.17, 15) is 9.90 Å². The lowest BCUT2D eigenvalue weighted by molar-refractivity contribution is 0.100. The van der Waals surface area contributed by atoms with Crippen LogP contribution in [0.25, 0.3) is 10.2 Å². The summed E-state index contributed by atoms with van der Waals surface area (Å²) in [4.78, 5) is 20.1. The molecule has 0 saturated carbocycles. The first-order valence-electron chi connectivity index (χ1n) is 11.2. The van der Waals surface area contributed by atoms with Gasteiger partial charge in [-0.15, -0.1) is 11.3 Å². The van der Waals surface area contributed by atoms with Crippen LogP contribution in [-0.4, -0.2) is 41.7 Å². The number of aryl methyl sites for hydroxylation is 1. The molecule has 1 fully saturated rings. The van der Waals surface area contributed by atoms with Gasteiger partial charge in [0.05, 0.1) is 11.8 Å². The van der Waals surface area contributed by atoms with Crippen molar-refractivity contribution in [3.63, 3.8) is 0 Å². The van der Waals surface area contributed by atoms with E-state index < -0.39 is 12.0 Å². The van der Waals surface area contributed by atoms with Gasteiger partial charge in [0.25, 0.3) is 5.91 Å². The van der Waals surface area contributed by atoms with Crippen molar-refractivity contribution in [2.75, 3.05) is 30.3 Å². The summed E-state index contributed by atoms with van der Waals surface area (Å²) < 4.78 is 0. The molecule has 0 radical (unpaired) electrons. The lowest BCUT2D eigenvalue weighted by Gasteiger charge is -2.34. The Morgan fingerprint density at radius 2 is 2.03 bits per heavy atom. The second kappa shape index (κ2) is 9.85. The number of benzene rings is 1. The van der Waals surface area contributed by atoms with Gasteiger partial charge in [-0.1, -0.05) is 43.7 Å². The van der Waals surface area contributed by atoms with Crippen LogP contribution < -0.4 is 21.7 Å². The Morgan fingerprint density at radius 1 is 1.31 bits per heavy atom. The Kier molecular flexibility index (Phi) is 6.93. The fourth-order valence-corrected chi connectivity index (χ4v) is 5.37. The highest BCUT2D eigenvalue weighted by atomic mass is 32.1. The summed E-state index contributed by atoms with van der Waals surface area (Å²) in [5, 5.41) is 14.8. The zero-order chi connectivity index (χ0) is 22.7. The average Bonchev–Trinajstić information content (AvgIpc) is 3.15. The molecule has 1 aliphatic rings. The lowest BCUT2D eigenvalue weighted by Crippen LogP contribution is -2.44. The van der Waals surface area contributed by atoms with Crippen molar-refractivity contribution in [2.24, 2.45) is 5.73 Å². The number of anilines is 2. The molecule has 7 nitrogen and oxygen atoms in total. The molecule has 6 N–H and O–H groups in total. The third-order valence-electron chi connectivity index (χ3n) is 6.11. The van der Waals surface area contributed by atoms with Crippen molar-refractivity contribution in [1.29, 1.82) is 0 Å². The minimum atomic E-state index is -0.501. The number of nitrogens with one attached hydrogen (secondary N) is 1. The second-order valence-electron chi connectivity index (χ2n) is 8.37. The van der Waals surface area contributed by atoms with Gasteiger partial charge in [-0.05, 0) is 36.5 Å². The topological polar surface area (TPSA) is 117 Å². The number of aliphatic hydroxyl groups is 1. The first-order chi connectivity index (χ1) is 15.5. The van der Waals surface area contributed by atoms with Crippen LogP contribution in [0.15, 0.2) is 36.4 Å². The summed E-state index contributed by atoms with van der Waals surface area (Å²) in [6, 6.07) is 12.2. The fourth-order valence-electron chi connectivity index (χ4n) is 4.38. The van der Waals surface area contributed by atoms with Crippen LogP contribution in [0.4, 0.5) is 11.5 Å². The molecule has 170 valence electrons. The fraction of sp³-hybridized carbons (Fsp3) is 0.417. The first kappa shape index (κ1) is 22.5. The summed E-state index contributed by atoms with van der Waals surface area (Å²) in [5.41, 5.74) is 14.3. The summed E-state index contributed by atoms with van der Waals surface area (Å²) in [7, 11) is 0. The summed E-state index contributed by atoms with van der Waals surface area (Å²) >= 11 is 1.28. The van der Waals surface area contributed by atoms with Gasteiger partial charge in [0, 0.05) is 31.1 Å². The van der Waals surface area contributed by atoms with E-state index in [-0.39, 0.29) is 0 Å². The number of rotatable bonds is 8. The van der Waals surface area contributed by atoms with Gasteiger partial charge < -0.3 is 26.8 Å². The monoisotopic (exact) mass is 453 g/mol. The van der Waals surface area contributed by atoms with E-state index in [1.54, 1.807) is 0 Å². The van der Waals surface area contributed by atoms with E-state index in [1.807, 2.05) is 30.3 Å². The Bertz CT molecular complexity index is 1080. The van der Waals surface area contributed by atoms with Gasteiger partial charge in [0.1, 0.15) is 15.5 Å². The highest BCUT2D eigenvalue weighted by molar-refractivity contribution is 7.21. The predicted molar refractivity (Wildman–Crippen MR) is 131 cm³/mol. The van der Waals surface area contributed by atoms with Crippen LogP contribution in [0.5, 0.6) is 0 Å². The maximum absolute atomic E-state index is 11.8. The SMILES string of the molecule is CCCc1cc(N2CCC(NCC(O)c3ccccc3)CC2)nc2sc(C(N)=O)c(N)c12. The first-order valence-corrected chi connectivity index (χ1v) is 12.0. The van der Waals surface area contributed by atoms with Crippen molar-refractivity contribution in [1.82, 2.24) is 10.3 Å². The number of nitrogen functional groups attached to an aromatic ring is 1. The van der Waals surface area contributed by atoms with Crippen LogP contribution in [-0.2, 0) is 6.42 Å². The number of aliphatic hydroxyl groups excluding tert-OH is 1. The van der Waals surface area contributed by atoms with E-state index in [2.05, 4.69) is 23.2 Å². The number of carbonyl (C=O) groups is 1. The van der Waals surface area contributed by atoms with Crippen molar-refractivity contribution < 1.29 is 9.90 Å². The zero-order valence-electron chi connectivity index (χ0n) is 18.4. The average molecular weight is 454 g/mol.